The summed E-state index contributed by atoms with van der Waals surface area (Å²) in [5.74, 6) is 0. The van der Waals surface area contributed by atoms with Crippen LogP contribution >= 0.6 is 0 Å². The molecule has 3 N–H and O–H groups in total. The Hall–Kier alpha value is -3.12. The predicted molar refractivity (Wildman–Crippen MR) is 120 cm³/mol. The molecule has 6 nitrogen and oxygen atoms in total. The maximum atomic E-state index is 6.37. The molecule has 6 heteroatoms. The predicted octanol–water partition coefficient (Wildman–Crippen LogP) is 3.88. The molecule has 0 spiro atoms. The summed E-state index contributed by atoms with van der Waals surface area (Å²) in [5.41, 5.74) is 12.3. The number of pyridine rings is 2. The zero-order chi connectivity index (χ0) is 20.0. The first kappa shape index (κ1) is 17.9. The van der Waals surface area contributed by atoms with Gasteiger partial charge in [0.2, 0.25) is 0 Å². The van der Waals surface area contributed by atoms with Gasteiger partial charge in [-0.15, -0.1) is 0 Å². The Morgan fingerprint density at radius 3 is 2.72 bits per heavy atom. The second-order valence-corrected chi connectivity index (χ2v) is 8.07. The molecule has 1 aromatic carbocycles. The number of piperidine rings is 1. The molecule has 4 aromatic rings. The summed E-state index contributed by atoms with van der Waals surface area (Å²) < 4.78 is 2.07. The van der Waals surface area contributed by atoms with Gasteiger partial charge in [0.25, 0.3) is 0 Å². The van der Waals surface area contributed by atoms with Crippen molar-refractivity contribution in [2.75, 3.05) is 31.2 Å². The molecule has 5 rings (SSSR count). The summed E-state index contributed by atoms with van der Waals surface area (Å²) in [5, 5.41) is 5.95. The average Bonchev–Trinajstić information content (AvgIpc) is 3.08. The third-order valence-corrected chi connectivity index (χ3v) is 6.01. The van der Waals surface area contributed by atoms with Gasteiger partial charge in [0, 0.05) is 41.8 Å². The van der Waals surface area contributed by atoms with Gasteiger partial charge < -0.3 is 20.5 Å². The number of aromatic nitrogens is 3. The number of nitrogen functional groups attached to an aromatic ring is 1. The Bertz CT molecular complexity index is 1190. The number of hydrogen-bond acceptors (Lipinski definition) is 5. The number of anilines is 2. The Kier molecular flexibility index (Phi) is 4.36. The summed E-state index contributed by atoms with van der Waals surface area (Å²) in [7, 11) is 4.21. The van der Waals surface area contributed by atoms with Gasteiger partial charge in [0.05, 0.1) is 23.1 Å². The molecule has 3 aromatic heterocycles. The Morgan fingerprint density at radius 2 is 1.90 bits per heavy atom. The third kappa shape index (κ3) is 3.19. The lowest BCUT2D eigenvalue weighted by atomic mass is 10.0. The highest BCUT2D eigenvalue weighted by molar-refractivity contribution is 6.02. The van der Waals surface area contributed by atoms with Crippen molar-refractivity contribution < 1.29 is 0 Å². The van der Waals surface area contributed by atoms with E-state index in [1.54, 1.807) is 6.20 Å². The van der Waals surface area contributed by atoms with Crippen LogP contribution in [0, 0.1) is 0 Å². The van der Waals surface area contributed by atoms with Crippen LogP contribution in [0.5, 0.6) is 0 Å². The van der Waals surface area contributed by atoms with Crippen LogP contribution in [0.4, 0.5) is 11.4 Å². The molecule has 1 saturated heterocycles. The molecule has 4 heterocycles. The van der Waals surface area contributed by atoms with Crippen molar-refractivity contribution in [3.05, 3.63) is 48.9 Å². The number of rotatable bonds is 3. The van der Waals surface area contributed by atoms with Crippen molar-refractivity contribution in [1.82, 2.24) is 19.4 Å². The largest absolute Gasteiger partial charge is 0.396 e. The van der Waals surface area contributed by atoms with Crippen LogP contribution in [0.1, 0.15) is 12.8 Å². The van der Waals surface area contributed by atoms with E-state index in [1.165, 1.54) is 5.56 Å². The quantitative estimate of drug-likeness (QED) is 0.559. The lowest BCUT2D eigenvalue weighted by molar-refractivity contribution is 0.264. The Balaban J connectivity index is 1.60. The number of aryl methyl sites for hydroxylation is 1. The minimum absolute atomic E-state index is 0.435. The second kappa shape index (κ2) is 7.04. The molecule has 0 saturated carbocycles. The highest BCUT2D eigenvalue weighted by atomic mass is 15.1. The summed E-state index contributed by atoms with van der Waals surface area (Å²) in [4.78, 5) is 11.5. The highest BCUT2D eigenvalue weighted by Crippen LogP contribution is 2.35. The van der Waals surface area contributed by atoms with E-state index in [2.05, 4.69) is 62.3 Å². The molecule has 0 atom stereocenters. The van der Waals surface area contributed by atoms with E-state index < -0.39 is 0 Å². The topological polar surface area (TPSA) is 72.0 Å². The van der Waals surface area contributed by atoms with Crippen molar-refractivity contribution in [2.24, 2.45) is 7.05 Å². The van der Waals surface area contributed by atoms with Gasteiger partial charge in [0.1, 0.15) is 5.65 Å². The van der Waals surface area contributed by atoms with Crippen LogP contribution in [0.15, 0.2) is 48.9 Å². The summed E-state index contributed by atoms with van der Waals surface area (Å²) in [6.45, 7) is 2.21. The molecule has 1 aliphatic heterocycles. The Morgan fingerprint density at radius 1 is 1.07 bits per heavy atom. The van der Waals surface area contributed by atoms with E-state index in [0.29, 0.717) is 11.7 Å². The standard InChI is InChI=1S/C23H26N6/c1-28-10-7-16(8-11-28)27-22-18-12-15(5-6-21(18)26-13-20(22)24)19-14-29(2)23-17(19)4-3-9-25-23/h3-6,9,12-14,16H,7-8,10-11,24H2,1-2H3,(H,26,27). The van der Waals surface area contributed by atoms with Crippen molar-refractivity contribution in [3.8, 4) is 11.1 Å². The number of nitrogens with zero attached hydrogens (tertiary/aromatic N) is 4. The van der Waals surface area contributed by atoms with E-state index in [4.69, 9.17) is 5.73 Å². The number of likely N-dealkylation sites (tertiary alicyclic amines) is 1. The van der Waals surface area contributed by atoms with Crippen molar-refractivity contribution in [1.29, 1.82) is 0 Å². The van der Waals surface area contributed by atoms with Gasteiger partial charge in [-0.3, -0.25) is 4.98 Å². The highest BCUT2D eigenvalue weighted by Gasteiger charge is 2.19. The van der Waals surface area contributed by atoms with Crippen LogP contribution in [0.2, 0.25) is 0 Å². The SMILES string of the molecule is CN1CCC(Nc2c(N)cnc3ccc(-c4cn(C)c5ncccc45)cc23)CC1. The van der Waals surface area contributed by atoms with Gasteiger partial charge in [-0.05, 0) is 62.8 Å². The number of benzene rings is 1. The summed E-state index contributed by atoms with van der Waals surface area (Å²) >= 11 is 0. The van der Waals surface area contributed by atoms with Crippen LogP contribution < -0.4 is 11.1 Å². The van der Waals surface area contributed by atoms with Crippen LogP contribution in [0.25, 0.3) is 33.1 Å². The first-order valence-corrected chi connectivity index (χ1v) is 10.1. The maximum absolute atomic E-state index is 6.37. The van der Waals surface area contributed by atoms with Gasteiger partial charge in [-0.1, -0.05) is 6.07 Å². The van der Waals surface area contributed by atoms with E-state index >= 15 is 0 Å². The van der Waals surface area contributed by atoms with Gasteiger partial charge >= 0.3 is 0 Å². The molecule has 1 fully saturated rings. The lowest BCUT2D eigenvalue weighted by Crippen LogP contribution is -2.36. The molecule has 148 valence electrons. The smallest absolute Gasteiger partial charge is 0.140 e. The fourth-order valence-corrected chi connectivity index (χ4v) is 4.34. The van der Waals surface area contributed by atoms with E-state index in [-0.39, 0.29) is 0 Å². The third-order valence-electron chi connectivity index (χ3n) is 6.01. The number of nitrogens with one attached hydrogen (secondary N) is 1. The van der Waals surface area contributed by atoms with Gasteiger partial charge in [0.15, 0.2) is 0 Å². The number of fused-ring (bicyclic) bond motifs is 2. The molecule has 0 bridgehead atoms. The molecule has 1 aliphatic rings. The zero-order valence-electron chi connectivity index (χ0n) is 16.9. The van der Waals surface area contributed by atoms with E-state index in [0.717, 1.165) is 59.1 Å². The minimum Gasteiger partial charge on any atom is -0.396 e. The Labute approximate surface area is 170 Å². The van der Waals surface area contributed by atoms with Gasteiger partial charge in [-0.25, -0.2) is 4.98 Å². The molecule has 29 heavy (non-hydrogen) atoms. The molecule has 0 aliphatic carbocycles. The first-order valence-electron chi connectivity index (χ1n) is 10.1. The summed E-state index contributed by atoms with van der Waals surface area (Å²) in [6.07, 6.45) is 7.98. The fraction of sp³-hybridized carbons (Fsp3) is 0.304. The second-order valence-electron chi connectivity index (χ2n) is 8.07. The number of hydrogen-bond donors (Lipinski definition) is 2. The maximum Gasteiger partial charge on any atom is 0.140 e. The fourth-order valence-electron chi connectivity index (χ4n) is 4.34. The van der Waals surface area contributed by atoms with Crippen molar-refractivity contribution in [3.63, 3.8) is 0 Å². The first-order chi connectivity index (χ1) is 14.1. The van der Waals surface area contributed by atoms with E-state index in [1.807, 2.05) is 19.3 Å². The minimum atomic E-state index is 0.435. The molecular weight excluding hydrogens is 360 g/mol. The zero-order valence-corrected chi connectivity index (χ0v) is 16.9. The normalized spacial score (nSPS) is 15.9. The molecular formula is C23H26N6. The van der Waals surface area contributed by atoms with Crippen molar-refractivity contribution in [2.45, 2.75) is 18.9 Å². The van der Waals surface area contributed by atoms with Crippen LogP contribution in [-0.2, 0) is 7.05 Å². The van der Waals surface area contributed by atoms with Crippen molar-refractivity contribution >= 4 is 33.3 Å². The average molecular weight is 387 g/mol. The summed E-state index contributed by atoms with van der Waals surface area (Å²) in [6, 6.07) is 11.0. The molecule has 0 amide bonds. The van der Waals surface area contributed by atoms with E-state index in [9.17, 15) is 0 Å². The van der Waals surface area contributed by atoms with Crippen LogP contribution in [-0.4, -0.2) is 45.6 Å². The molecule has 0 unspecified atom stereocenters. The molecule has 0 radical (unpaired) electrons. The van der Waals surface area contributed by atoms with Crippen LogP contribution in [0.3, 0.4) is 0 Å². The lowest BCUT2D eigenvalue weighted by Gasteiger charge is -2.30. The number of nitrogens with two attached hydrogens (primary N) is 1. The monoisotopic (exact) mass is 386 g/mol. The van der Waals surface area contributed by atoms with Gasteiger partial charge in [-0.2, -0.15) is 0 Å².